The molecule has 0 bridgehead atoms. The van der Waals surface area contributed by atoms with Gasteiger partial charge in [-0.1, -0.05) is 38.1 Å². The van der Waals surface area contributed by atoms with Crippen LogP contribution in [0, 0.1) is 5.92 Å². The monoisotopic (exact) mass is 300 g/mol. The van der Waals surface area contributed by atoms with Crippen LogP contribution in [0.2, 0.25) is 0 Å². The minimum Gasteiger partial charge on any atom is -0.304 e. The lowest BCUT2D eigenvalue weighted by Crippen LogP contribution is -2.35. The number of benzene rings is 1. The van der Waals surface area contributed by atoms with Crippen LogP contribution in [0.1, 0.15) is 56.6 Å². The Morgan fingerprint density at radius 2 is 1.64 bits per heavy atom. The van der Waals surface area contributed by atoms with E-state index >= 15 is 0 Å². The minimum atomic E-state index is 0.821. The first-order valence-corrected chi connectivity index (χ1v) is 9.32. The fraction of sp³-hybridized carbons (Fsp3) is 0.700. The zero-order chi connectivity index (χ0) is 15.4. The second kappa shape index (κ2) is 7.61. The van der Waals surface area contributed by atoms with Gasteiger partial charge in [0.2, 0.25) is 0 Å². The van der Waals surface area contributed by atoms with Gasteiger partial charge in [-0.2, -0.15) is 0 Å². The maximum Gasteiger partial charge on any atom is 0.0233 e. The lowest BCUT2D eigenvalue weighted by atomic mass is 9.71. The predicted octanol–water partition coefficient (Wildman–Crippen LogP) is 4.12. The number of likely N-dealkylation sites (tertiary alicyclic amines) is 1. The van der Waals surface area contributed by atoms with Gasteiger partial charge in [-0.05, 0) is 74.8 Å². The van der Waals surface area contributed by atoms with Crippen LogP contribution >= 0.6 is 0 Å². The molecule has 0 spiro atoms. The number of hydrogen-bond acceptors (Lipinski definition) is 2. The summed E-state index contributed by atoms with van der Waals surface area (Å²) in [7, 11) is 0. The van der Waals surface area contributed by atoms with Crippen molar-refractivity contribution in [2.75, 3.05) is 32.7 Å². The standard InChI is InChI=1S/C20H32N2/c1-3-21(4-2)16-18-13-20(14-18)19-9-7-17(8-10-19)15-22-11-5-6-12-22/h7-10,18,20H,3-6,11-16H2,1-2H3/t18-,20-. The highest BCUT2D eigenvalue weighted by Gasteiger charge is 2.30. The van der Waals surface area contributed by atoms with Gasteiger partial charge in [-0.15, -0.1) is 0 Å². The smallest absolute Gasteiger partial charge is 0.0233 e. The summed E-state index contributed by atoms with van der Waals surface area (Å²) in [6.45, 7) is 12.0. The third kappa shape index (κ3) is 3.91. The molecule has 2 nitrogen and oxygen atoms in total. The Hall–Kier alpha value is -0.860. The van der Waals surface area contributed by atoms with Crippen molar-refractivity contribution < 1.29 is 0 Å². The lowest BCUT2D eigenvalue weighted by Gasteiger charge is -2.38. The first kappa shape index (κ1) is 16.0. The van der Waals surface area contributed by atoms with Crippen molar-refractivity contribution in [1.82, 2.24) is 9.80 Å². The lowest BCUT2D eigenvalue weighted by molar-refractivity contribution is 0.169. The van der Waals surface area contributed by atoms with E-state index in [2.05, 4.69) is 47.9 Å². The summed E-state index contributed by atoms with van der Waals surface area (Å²) in [4.78, 5) is 5.15. The zero-order valence-corrected chi connectivity index (χ0v) is 14.4. The highest BCUT2D eigenvalue weighted by atomic mass is 15.1. The summed E-state index contributed by atoms with van der Waals surface area (Å²) in [5.41, 5.74) is 3.06. The van der Waals surface area contributed by atoms with Crippen molar-refractivity contribution in [1.29, 1.82) is 0 Å². The van der Waals surface area contributed by atoms with E-state index in [9.17, 15) is 0 Å². The fourth-order valence-corrected chi connectivity index (χ4v) is 4.10. The number of rotatable bonds is 7. The predicted molar refractivity (Wildman–Crippen MR) is 94.2 cm³/mol. The first-order valence-electron chi connectivity index (χ1n) is 9.32. The molecule has 1 saturated carbocycles. The third-order valence-corrected chi connectivity index (χ3v) is 5.70. The van der Waals surface area contributed by atoms with Crippen LogP contribution in [-0.2, 0) is 6.54 Å². The summed E-state index contributed by atoms with van der Waals surface area (Å²) in [6, 6.07) is 9.52. The Kier molecular flexibility index (Phi) is 5.54. The van der Waals surface area contributed by atoms with Gasteiger partial charge in [0.05, 0.1) is 0 Å². The van der Waals surface area contributed by atoms with Gasteiger partial charge in [0.25, 0.3) is 0 Å². The van der Waals surface area contributed by atoms with E-state index in [1.54, 1.807) is 5.56 Å². The van der Waals surface area contributed by atoms with E-state index < -0.39 is 0 Å². The van der Waals surface area contributed by atoms with Gasteiger partial charge in [0.1, 0.15) is 0 Å². The van der Waals surface area contributed by atoms with Crippen molar-refractivity contribution in [2.45, 2.75) is 52.0 Å². The molecule has 2 heteroatoms. The van der Waals surface area contributed by atoms with Gasteiger partial charge in [-0.3, -0.25) is 4.90 Å². The summed E-state index contributed by atoms with van der Waals surface area (Å²) in [6.07, 6.45) is 5.55. The molecule has 22 heavy (non-hydrogen) atoms. The van der Waals surface area contributed by atoms with Gasteiger partial charge in [-0.25, -0.2) is 0 Å². The Morgan fingerprint density at radius 3 is 2.23 bits per heavy atom. The Morgan fingerprint density at radius 1 is 1.00 bits per heavy atom. The molecule has 0 unspecified atom stereocenters. The molecule has 0 radical (unpaired) electrons. The van der Waals surface area contributed by atoms with E-state index in [0.29, 0.717) is 0 Å². The Balaban J connectivity index is 1.46. The van der Waals surface area contributed by atoms with Crippen LogP contribution in [0.5, 0.6) is 0 Å². The SMILES string of the molecule is CCN(CC)C[C@H]1C[C@H](c2ccc(CN3CCCC3)cc2)C1. The normalized spacial score (nSPS) is 25.6. The van der Waals surface area contributed by atoms with Gasteiger partial charge in [0, 0.05) is 13.1 Å². The molecule has 1 aromatic rings. The number of nitrogens with zero attached hydrogens (tertiary/aromatic N) is 2. The molecule has 2 fully saturated rings. The third-order valence-electron chi connectivity index (χ3n) is 5.70. The van der Waals surface area contributed by atoms with Crippen molar-refractivity contribution in [3.8, 4) is 0 Å². The quantitative estimate of drug-likeness (QED) is 0.747. The molecule has 1 aliphatic heterocycles. The topological polar surface area (TPSA) is 6.48 Å². The Labute approximate surface area is 136 Å². The summed E-state index contributed by atoms with van der Waals surface area (Å²) in [5.74, 6) is 1.75. The van der Waals surface area contributed by atoms with Crippen molar-refractivity contribution in [2.24, 2.45) is 5.92 Å². The molecule has 0 atom stereocenters. The molecule has 1 heterocycles. The zero-order valence-electron chi connectivity index (χ0n) is 14.4. The van der Waals surface area contributed by atoms with Crippen LogP contribution in [0.25, 0.3) is 0 Å². The molecule has 1 saturated heterocycles. The molecule has 1 aliphatic carbocycles. The molecule has 0 N–H and O–H groups in total. The molecule has 0 amide bonds. The molecule has 1 aromatic carbocycles. The summed E-state index contributed by atoms with van der Waals surface area (Å²) >= 11 is 0. The van der Waals surface area contributed by atoms with Gasteiger partial charge in [0.15, 0.2) is 0 Å². The average molecular weight is 300 g/mol. The summed E-state index contributed by atoms with van der Waals surface area (Å²) in [5, 5.41) is 0. The maximum absolute atomic E-state index is 2.58. The van der Waals surface area contributed by atoms with Gasteiger partial charge >= 0.3 is 0 Å². The molecule has 0 aromatic heterocycles. The minimum absolute atomic E-state index is 0.821. The average Bonchev–Trinajstić information content (AvgIpc) is 3.01. The first-order chi connectivity index (χ1) is 10.8. The largest absolute Gasteiger partial charge is 0.304 e. The highest BCUT2D eigenvalue weighted by molar-refractivity contribution is 5.27. The van der Waals surface area contributed by atoms with Crippen molar-refractivity contribution in [3.05, 3.63) is 35.4 Å². The highest BCUT2D eigenvalue weighted by Crippen LogP contribution is 2.41. The molecule has 3 rings (SSSR count). The van der Waals surface area contributed by atoms with E-state index in [1.807, 2.05) is 0 Å². The van der Waals surface area contributed by atoms with Crippen LogP contribution in [0.3, 0.4) is 0 Å². The van der Waals surface area contributed by atoms with E-state index in [1.165, 1.54) is 64.0 Å². The molecular weight excluding hydrogens is 268 g/mol. The van der Waals surface area contributed by atoms with Crippen LogP contribution in [-0.4, -0.2) is 42.5 Å². The van der Waals surface area contributed by atoms with E-state index in [-0.39, 0.29) is 0 Å². The second-order valence-electron chi connectivity index (χ2n) is 7.25. The number of hydrogen-bond donors (Lipinski definition) is 0. The second-order valence-corrected chi connectivity index (χ2v) is 7.25. The van der Waals surface area contributed by atoms with Crippen molar-refractivity contribution >= 4 is 0 Å². The molecule has 2 aliphatic rings. The van der Waals surface area contributed by atoms with Crippen molar-refractivity contribution in [3.63, 3.8) is 0 Å². The van der Waals surface area contributed by atoms with Crippen LogP contribution < -0.4 is 0 Å². The van der Waals surface area contributed by atoms with E-state index in [4.69, 9.17) is 0 Å². The van der Waals surface area contributed by atoms with Crippen LogP contribution in [0.15, 0.2) is 24.3 Å². The Bertz CT molecular complexity index is 437. The van der Waals surface area contributed by atoms with Gasteiger partial charge < -0.3 is 4.90 Å². The maximum atomic E-state index is 2.58. The molecule has 122 valence electrons. The summed E-state index contributed by atoms with van der Waals surface area (Å²) < 4.78 is 0. The van der Waals surface area contributed by atoms with E-state index in [0.717, 1.165) is 18.4 Å². The fourth-order valence-electron chi connectivity index (χ4n) is 4.10. The van der Waals surface area contributed by atoms with Crippen LogP contribution in [0.4, 0.5) is 0 Å². The molecular formula is C20H32N2.